The Morgan fingerprint density at radius 3 is 3.05 bits per heavy atom. The van der Waals surface area contributed by atoms with Crippen LogP contribution in [0.5, 0.6) is 5.75 Å². The number of ether oxygens (including phenoxy) is 1. The normalized spacial score (nSPS) is 19.4. The van der Waals surface area contributed by atoms with Gasteiger partial charge in [0.25, 0.3) is 5.69 Å². The summed E-state index contributed by atoms with van der Waals surface area (Å²) in [5.41, 5.74) is 7.79. The molecule has 0 radical (unpaired) electrons. The van der Waals surface area contributed by atoms with Crippen molar-refractivity contribution in [1.29, 1.82) is 0 Å². The van der Waals surface area contributed by atoms with Crippen LogP contribution in [0.15, 0.2) is 30.1 Å². The Balaban J connectivity index is 0.00000176. The molecule has 2 heterocycles. The van der Waals surface area contributed by atoms with Gasteiger partial charge in [-0.3, -0.25) is 10.1 Å². The van der Waals surface area contributed by atoms with Crippen LogP contribution < -0.4 is 15.8 Å². The van der Waals surface area contributed by atoms with Gasteiger partial charge in [0.15, 0.2) is 0 Å². The number of nitrogens with zero attached hydrogens (tertiary/aromatic N) is 2. The molecule has 0 saturated carbocycles. The van der Waals surface area contributed by atoms with Crippen LogP contribution in [-0.2, 0) is 6.42 Å². The van der Waals surface area contributed by atoms with Gasteiger partial charge >= 0.3 is 0 Å². The van der Waals surface area contributed by atoms with E-state index in [2.05, 4.69) is 10.2 Å². The Morgan fingerprint density at radius 1 is 1.50 bits per heavy atom. The highest BCUT2D eigenvalue weighted by molar-refractivity contribution is 5.85. The van der Waals surface area contributed by atoms with E-state index in [0.29, 0.717) is 13.2 Å². The average Bonchev–Trinajstić information content (AvgIpc) is 2.94. The molecule has 2 aliphatic heterocycles. The topological polar surface area (TPSA) is 93.7 Å². The summed E-state index contributed by atoms with van der Waals surface area (Å²) in [5.74, 6) is 0.744. The van der Waals surface area contributed by atoms with Gasteiger partial charge in [-0.25, -0.2) is 0 Å². The van der Waals surface area contributed by atoms with Crippen molar-refractivity contribution >= 4 is 18.1 Å². The van der Waals surface area contributed by atoms with Crippen LogP contribution in [-0.4, -0.2) is 35.7 Å². The van der Waals surface area contributed by atoms with Crippen molar-refractivity contribution in [3.8, 4) is 5.75 Å². The van der Waals surface area contributed by atoms with Crippen molar-refractivity contribution < 1.29 is 9.66 Å². The molecule has 1 atom stereocenters. The summed E-state index contributed by atoms with van der Waals surface area (Å²) in [4.78, 5) is 12.7. The Morgan fingerprint density at radius 2 is 2.32 bits per heavy atom. The van der Waals surface area contributed by atoms with Gasteiger partial charge in [-0.1, -0.05) is 0 Å². The number of nitro groups is 1. The number of fused-ring (bicyclic) bond motifs is 1. The summed E-state index contributed by atoms with van der Waals surface area (Å²) in [7, 11) is 0. The number of nitrogens with two attached hydrogens (primary N) is 1. The zero-order valence-electron chi connectivity index (χ0n) is 12.0. The second-order valence-corrected chi connectivity index (χ2v) is 5.22. The maximum Gasteiger partial charge on any atom is 0.269 e. The van der Waals surface area contributed by atoms with Crippen molar-refractivity contribution in [2.75, 3.05) is 19.8 Å². The Hall–Kier alpha value is -1.99. The van der Waals surface area contributed by atoms with Crippen molar-refractivity contribution in [3.05, 3.63) is 45.8 Å². The molecule has 3 N–H and O–H groups in total. The number of nitrogens with one attached hydrogen (secondary N) is 1. The first-order chi connectivity index (χ1) is 10.2. The minimum atomic E-state index is -0.374. The standard InChI is InChI=1S/C14H18N4O3.ClH/c15-4-3-12-7-16-9-17(12)13-6-10-5-11(18(19)20)1-2-14(10)21-8-13;/h1-2,5,7,13,16H,3-4,6,8-9,15H2;1H/t13-;/m1./s1. The van der Waals surface area contributed by atoms with E-state index in [4.69, 9.17) is 10.5 Å². The third kappa shape index (κ3) is 3.10. The van der Waals surface area contributed by atoms with Crippen LogP contribution in [0.1, 0.15) is 12.0 Å². The largest absolute Gasteiger partial charge is 0.491 e. The van der Waals surface area contributed by atoms with Crippen LogP contribution in [0.3, 0.4) is 0 Å². The van der Waals surface area contributed by atoms with E-state index in [9.17, 15) is 10.1 Å². The molecule has 2 aliphatic rings. The molecule has 120 valence electrons. The average molecular weight is 327 g/mol. The van der Waals surface area contributed by atoms with E-state index >= 15 is 0 Å². The van der Waals surface area contributed by atoms with E-state index < -0.39 is 0 Å². The highest BCUT2D eigenvalue weighted by Gasteiger charge is 2.29. The molecule has 0 unspecified atom stereocenters. The van der Waals surface area contributed by atoms with Gasteiger partial charge in [-0.15, -0.1) is 12.4 Å². The predicted molar refractivity (Wildman–Crippen MR) is 84.9 cm³/mol. The maximum absolute atomic E-state index is 10.9. The summed E-state index contributed by atoms with van der Waals surface area (Å²) in [6, 6.07) is 4.95. The van der Waals surface area contributed by atoms with Gasteiger partial charge in [0.05, 0.1) is 17.6 Å². The minimum Gasteiger partial charge on any atom is -0.491 e. The fraction of sp³-hybridized carbons (Fsp3) is 0.429. The summed E-state index contributed by atoms with van der Waals surface area (Å²) in [6.07, 6.45) is 3.53. The van der Waals surface area contributed by atoms with Crippen LogP contribution in [0.25, 0.3) is 0 Å². The molecule has 1 aromatic carbocycles. The molecule has 22 heavy (non-hydrogen) atoms. The van der Waals surface area contributed by atoms with E-state index in [1.54, 1.807) is 12.1 Å². The van der Waals surface area contributed by atoms with E-state index in [-0.39, 0.29) is 29.1 Å². The smallest absolute Gasteiger partial charge is 0.269 e. The van der Waals surface area contributed by atoms with Crippen molar-refractivity contribution in [3.63, 3.8) is 0 Å². The number of hydrogen-bond donors (Lipinski definition) is 2. The SMILES string of the molecule is Cl.NCCC1=CNCN1[C@H]1COc2ccc([N+](=O)[O-])cc2C1. The van der Waals surface area contributed by atoms with Crippen LogP contribution in [0.2, 0.25) is 0 Å². The summed E-state index contributed by atoms with van der Waals surface area (Å²) >= 11 is 0. The number of benzene rings is 1. The van der Waals surface area contributed by atoms with Gasteiger partial charge in [0.2, 0.25) is 0 Å². The molecule has 0 bridgehead atoms. The molecule has 0 amide bonds. The maximum atomic E-state index is 10.9. The fourth-order valence-corrected chi connectivity index (χ4v) is 2.85. The third-order valence-corrected chi connectivity index (χ3v) is 3.88. The molecule has 7 nitrogen and oxygen atoms in total. The molecule has 3 rings (SSSR count). The highest BCUT2D eigenvalue weighted by atomic mass is 35.5. The predicted octanol–water partition coefficient (Wildman–Crippen LogP) is 1.37. The lowest BCUT2D eigenvalue weighted by Crippen LogP contribution is -2.43. The van der Waals surface area contributed by atoms with Gasteiger partial charge in [-0.05, 0) is 12.6 Å². The molecule has 0 aliphatic carbocycles. The Labute approximate surface area is 134 Å². The molecule has 1 aromatic rings. The molecule has 0 spiro atoms. The monoisotopic (exact) mass is 326 g/mol. The van der Waals surface area contributed by atoms with E-state index in [1.165, 1.54) is 11.8 Å². The number of hydrogen-bond acceptors (Lipinski definition) is 6. The summed E-state index contributed by atoms with van der Waals surface area (Å²) < 4.78 is 5.76. The second-order valence-electron chi connectivity index (χ2n) is 5.22. The molecule has 0 saturated heterocycles. The molecule has 0 fully saturated rings. The summed E-state index contributed by atoms with van der Waals surface area (Å²) in [6.45, 7) is 1.90. The van der Waals surface area contributed by atoms with Crippen molar-refractivity contribution in [2.45, 2.75) is 18.9 Å². The number of non-ortho nitro benzene ring substituents is 1. The van der Waals surface area contributed by atoms with Crippen LogP contribution >= 0.6 is 12.4 Å². The molecular weight excluding hydrogens is 308 g/mol. The fourth-order valence-electron chi connectivity index (χ4n) is 2.85. The van der Waals surface area contributed by atoms with Crippen LogP contribution in [0.4, 0.5) is 5.69 Å². The van der Waals surface area contributed by atoms with Gasteiger partial charge in [-0.2, -0.15) is 0 Å². The third-order valence-electron chi connectivity index (χ3n) is 3.88. The van der Waals surface area contributed by atoms with Gasteiger partial charge < -0.3 is 20.7 Å². The number of halogens is 1. The first kappa shape index (κ1) is 16.4. The zero-order valence-corrected chi connectivity index (χ0v) is 12.8. The molecule has 0 aromatic heterocycles. The lowest BCUT2D eigenvalue weighted by molar-refractivity contribution is -0.385. The zero-order chi connectivity index (χ0) is 14.8. The first-order valence-corrected chi connectivity index (χ1v) is 6.98. The molecule has 8 heteroatoms. The van der Waals surface area contributed by atoms with E-state index in [0.717, 1.165) is 30.8 Å². The minimum absolute atomic E-state index is 0. The number of nitro benzene ring substituents is 1. The highest BCUT2D eigenvalue weighted by Crippen LogP contribution is 2.31. The first-order valence-electron chi connectivity index (χ1n) is 6.98. The Kier molecular flexibility index (Phi) is 5.10. The number of rotatable bonds is 4. The lowest BCUT2D eigenvalue weighted by atomic mass is 10.0. The van der Waals surface area contributed by atoms with Crippen LogP contribution in [0, 0.1) is 10.1 Å². The van der Waals surface area contributed by atoms with Crippen molar-refractivity contribution in [2.24, 2.45) is 5.73 Å². The van der Waals surface area contributed by atoms with Gasteiger partial charge in [0, 0.05) is 42.4 Å². The molecular formula is C14H19ClN4O3. The van der Waals surface area contributed by atoms with Crippen molar-refractivity contribution in [1.82, 2.24) is 10.2 Å². The summed E-state index contributed by atoms with van der Waals surface area (Å²) in [5, 5.41) is 14.1. The van der Waals surface area contributed by atoms with E-state index in [1.807, 2.05) is 6.20 Å². The Bertz CT molecular complexity index is 593. The van der Waals surface area contributed by atoms with Gasteiger partial charge in [0.1, 0.15) is 12.4 Å². The lowest BCUT2D eigenvalue weighted by Gasteiger charge is -2.34. The quantitative estimate of drug-likeness (QED) is 0.641. The second kappa shape index (κ2) is 6.85.